The summed E-state index contributed by atoms with van der Waals surface area (Å²) in [4.78, 5) is 4.95. The molecule has 0 amide bonds. The lowest BCUT2D eigenvalue weighted by molar-refractivity contribution is 0.0450. The quantitative estimate of drug-likeness (QED) is 0.794. The fourth-order valence-electron chi connectivity index (χ4n) is 3.45. The predicted octanol–water partition coefficient (Wildman–Crippen LogP) is 2.58. The largest absolute Gasteiger partial charge is 0.491 e. The number of ether oxygens (including phenoxy) is 1. The zero-order valence-electron chi connectivity index (χ0n) is 15.2. The molecule has 4 heteroatoms. The summed E-state index contributed by atoms with van der Waals surface area (Å²) >= 11 is 0. The normalized spacial score (nSPS) is 21.2. The van der Waals surface area contributed by atoms with Crippen LogP contribution >= 0.6 is 0 Å². The summed E-state index contributed by atoms with van der Waals surface area (Å²) in [5.41, 5.74) is 1.21. The first-order chi connectivity index (χ1) is 11.6. The molecular formula is C20H32N2O2. The van der Waals surface area contributed by atoms with Crippen molar-refractivity contribution in [2.24, 2.45) is 5.92 Å². The van der Waals surface area contributed by atoms with Crippen molar-refractivity contribution < 1.29 is 9.84 Å². The van der Waals surface area contributed by atoms with Gasteiger partial charge in [-0.2, -0.15) is 0 Å². The molecule has 1 aromatic rings. The van der Waals surface area contributed by atoms with Gasteiger partial charge >= 0.3 is 0 Å². The molecule has 0 radical (unpaired) electrons. The lowest BCUT2D eigenvalue weighted by Crippen LogP contribution is -2.49. The van der Waals surface area contributed by atoms with Crippen molar-refractivity contribution in [3.05, 3.63) is 29.8 Å². The van der Waals surface area contributed by atoms with Gasteiger partial charge in [0.05, 0.1) is 0 Å². The Morgan fingerprint density at radius 1 is 1.08 bits per heavy atom. The van der Waals surface area contributed by atoms with Crippen LogP contribution in [-0.4, -0.2) is 66.9 Å². The fraction of sp³-hybridized carbons (Fsp3) is 0.700. The van der Waals surface area contributed by atoms with Crippen molar-refractivity contribution in [1.29, 1.82) is 0 Å². The van der Waals surface area contributed by atoms with Gasteiger partial charge in [-0.15, -0.1) is 0 Å². The van der Waals surface area contributed by atoms with E-state index in [1.807, 2.05) is 18.2 Å². The Balaban J connectivity index is 1.39. The summed E-state index contributed by atoms with van der Waals surface area (Å²) in [5.74, 6) is 2.30. The van der Waals surface area contributed by atoms with Crippen LogP contribution in [0, 0.1) is 5.92 Å². The van der Waals surface area contributed by atoms with Crippen LogP contribution in [-0.2, 0) is 0 Å². The molecule has 2 fully saturated rings. The van der Waals surface area contributed by atoms with E-state index >= 15 is 0 Å². The number of para-hydroxylation sites is 1. The highest BCUT2D eigenvalue weighted by Crippen LogP contribution is 2.30. The first-order valence-electron chi connectivity index (χ1n) is 9.46. The molecule has 0 bridgehead atoms. The maximum Gasteiger partial charge on any atom is 0.122 e. The van der Waals surface area contributed by atoms with Crippen LogP contribution in [0.4, 0.5) is 0 Å². The number of β-amino-alcohol motifs (C(OH)–C–C–N with tert-alkyl or cyclic N) is 1. The van der Waals surface area contributed by atoms with Crippen LogP contribution in [0.15, 0.2) is 24.3 Å². The zero-order valence-corrected chi connectivity index (χ0v) is 15.2. The molecule has 4 nitrogen and oxygen atoms in total. The molecule has 24 heavy (non-hydrogen) atoms. The smallest absolute Gasteiger partial charge is 0.122 e. The van der Waals surface area contributed by atoms with Gasteiger partial charge in [0, 0.05) is 39.3 Å². The van der Waals surface area contributed by atoms with Gasteiger partial charge in [0.1, 0.15) is 18.5 Å². The monoisotopic (exact) mass is 332 g/mol. The summed E-state index contributed by atoms with van der Waals surface area (Å²) in [6, 6.07) is 8.14. The van der Waals surface area contributed by atoms with Crippen LogP contribution in [0.25, 0.3) is 0 Å². The van der Waals surface area contributed by atoms with Gasteiger partial charge in [-0.1, -0.05) is 32.0 Å². The molecule has 0 aromatic heterocycles. The standard InChI is InChI=1S/C20H32N2O2/c1-16(2)19-5-3-4-6-20(19)24-15-18(23)14-22-11-9-21(10-12-22)13-17-7-8-17/h3-6,16-18,23H,7-15H2,1-2H3. The second-order valence-corrected chi connectivity index (χ2v) is 7.70. The molecule has 1 aliphatic heterocycles. The summed E-state index contributed by atoms with van der Waals surface area (Å²) in [6.45, 7) is 11.1. The molecule has 1 N–H and O–H groups in total. The second kappa shape index (κ2) is 8.32. The maximum absolute atomic E-state index is 10.3. The Bertz CT molecular complexity index is 508. The van der Waals surface area contributed by atoms with Gasteiger partial charge in [-0.25, -0.2) is 0 Å². The number of aliphatic hydroxyl groups excluding tert-OH is 1. The van der Waals surface area contributed by atoms with Gasteiger partial charge in [0.2, 0.25) is 0 Å². The van der Waals surface area contributed by atoms with Gasteiger partial charge in [-0.05, 0) is 36.3 Å². The minimum atomic E-state index is -0.430. The average molecular weight is 332 g/mol. The van der Waals surface area contributed by atoms with E-state index in [4.69, 9.17) is 4.74 Å². The molecule has 3 rings (SSSR count). The second-order valence-electron chi connectivity index (χ2n) is 7.70. The maximum atomic E-state index is 10.3. The number of hydrogen-bond acceptors (Lipinski definition) is 4. The Hall–Kier alpha value is -1.10. The number of nitrogens with zero attached hydrogens (tertiary/aromatic N) is 2. The van der Waals surface area contributed by atoms with E-state index in [9.17, 15) is 5.11 Å². The summed E-state index contributed by atoms with van der Waals surface area (Å²) in [6.07, 6.45) is 2.42. The third kappa shape index (κ3) is 5.20. The van der Waals surface area contributed by atoms with Gasteiger partial charge in [0.25, 0.3) is 0 Å². The van der Waals surface area contributed by atoms with Gasteiger partial charge in [0.15, 0.2) is 0 Å². The van der Waals surface area contributed by atoms with Crippen molar-refractivity contribution in [1.82, 2.24) is 9.80 Å². The molecule has 1 saturated carbocycles. The minimum absolute atomic E-state index is 0.367. The van der Waals surface area contributed by atoms with Gasteiger partial charge < -0.3 is 14.7 Å². The average Bonchev–Trinajstić information content (AvgIpc) is 3.39. The zero-order chi connectivity index (χ0) is 16.9. The SMILES string of the molecule is CC(C)c1ccccc1OCC(O)CN1CCN(CC2CC2)CC1. The lowest BCUT2D eigenvalue weighted by atomic mass is 10.0. The van der Waals surface area contributed by atoms with Crippen LogP contribution in [0.5, 0.6) is 5.75 Å². The summed E-state index contributed by atoms with van der Waals surface area (Å²) in [7, 11) is 0. The Morgan fingerprint density at radius 3 is 2.42 bits per heavy atom. The summed E-state index contributed by atoms with van der Waals surface area (Å²) < 4.78 is 5.90. The molecule has 1 heterocycles. The Labute approximate surface area is 146 Å². The number of benzene rings is 1. The van der Waals surface area contributed by atoms with E-state index in [1.54, 1.807) is 0 Å². The third-order valence-electron chi connectivity index (χ3n) is 5.12. The highest BCUT2D eigenvalue weighted by atomic mass is 16.5. The van der Waals surface area contributed by atoms with Crippen molar-refractivity contribution >= 4 is 0 Å². The summed E-state index contributed by atoms with van der Waals surface area (Å²) in [5, 5.41) is 10.3. The van der Waals surface area contributed by atoms with Crippen LogP contribution in [0.3, 0.4) is 0 Å². The van der Waals surface area contributed by atoms with Crippen molar-refractivity contribution in [2.45, 2.75) is 38.7 Å². The molecule has 1 aromatic carbocycles. The van der Waals surface area contributed by atoms with E-state index < -0.39 is 6.10 Å². The number of hydrogen-bond donors (Lipinski definition) is 1. The van der Waals surface area contributed by atoms with Crippen LogP contribution < -0.4 is 4.74 Å². The van der Waals surface area contributed by atoms with Crippen molar-refractivity contribution in [2.75, 3.05) is 45.9 Å². The van der Waals surface area contributed by atoms with E-state index in [0.29, 0.717) is 19.1 Å². The minimum Gasteiger partial charge on any atom is -0.491 e. The first-order valence-corrected chi connectivity index (χ1v) is 9.46. The van der Waals surface area contributed by atoms with Crippen LogP contribution in [0.1, 0.15) is 38.2 Å². The van der Waals surface area contributed by atoms with Crippen molar-refractivity contribution in [3.8, 4) is 5.75 Å². The van der Waals surface area contributed by atoms with Crippen LogP contribution in [0.2, 0.25) is 0 Å². The molecule has 1 unspecified atom stereocenters. The van der Waals surface area contributed by atoms with E-state index in [-0.39, 0.29) is 0 Å². The molecule has 1 atom stereocenters. The molecule has 2 aliphatic rings. The molecular weight excluding hydrogens is 300 g/mol. The highest BCUT2D eigenvalue weighted by molar-refractivity contribution is 5.35. The number of aliphatic hydroxyl groups is 1. The molecule has 134 valence electrons. The Morgan fingerprint density at radius 2 is 1.75 bits per heavy atom. The van der Waals surface area contributed by atoms with E-state index in [2.05, 4.69) is 29.7 Å². The van der Waals surface area contributed by atoms with E-state index in [1.165, 1.54) is 24.9 Å². The Kier molecular flexibility index (Phi) is 6.14. The van der Waals surface area contributed by atoms with Crippen molar-refractivity contribution in [3.63, 3.8) is 0 Å². The molecule has 0 spiro atoms. The lowest BCUT2D eigenvalue weighted by Gasteiger charge is -2.35. The number of rotatable bonds is 8. The first kappa shape index (κ1) is 17.7. The predicted molar refractivity (Wildman–Crippen MR) is 97.6 cm³/mol. The third-order valence-corrected chi connectivity index (χ3v) is 5.12. The molecule has 1 aliphatic carbocycles. The van der Waals surface area contributed by atoms with E-state index in [0.717, 1.165) is 37.8 Å². The van der Waals surface area contributed by atoms with Gasteiger partial charge in [-0.3, -0.25) is 4.90 Å². The number of piperazine rings is 1. The topological polar surface area (TPSA) is 35.9 Å². The molecule has 1 saturated heterocycles. The fourth-order valence-corrected chi connectivity index (χ4v) is 3.45. The highest BCUT2D eigenvalue weighted by Gasteiger charge is 2.26.